The molecule has 0 spiro atoms. The van der Waals surface area contributed by atoms with E-state index >= 15 is 0 Å². The molecular weight excluding hydrogens is 399 g/mol. The van der Waals surface area contributed by atoms with Crippen LogP contribution < -0.4 is 16.2 Å². The van der Waals surface area contributed by atoms with Crippen LogP contribution in [-0.2, 0) is 22.3 Å². The molecule has 0 saturated heterocycles. The van der Waals surface area contributed by atoms with Gasteiger partial charge in [-0.2, -0.15) is 13.2 Å². The number of halogens is 4. The predicted molar refractivity (Wildman–Crippen MR) is 98.3 cm³/mol. The molecule has 2 rings (SSSR count). The summed E-state index contributed by atoms with van der Waals surface area (Å²) in [5.74, 6) is -1.32. The lowest BCUT2D eigenvalue weighted by Gasteiger charge is -2.13. The summed E-state index contributed by atoms with van der Waals surface area (Å²) in [6.45, 7) is 2.50. The summed E-state index contributed by atoms with van der Waals surface area (Å²) in [5, 5.41) is 4.26. The van der Waals surface area contributed by atoms with Gasteiger partial charge in [-0.3, -0.25) is 14.4 Å². The van der Waals surface area contributed by atoms with Crippen LogP contribution in [0.5, 0.6) is 0 Å². The van der Waals surface area contributed by atoms with E-state index in [1.54, 1.807) is 0 Å². The molecule has 28 heavy (non-hydrogen) atoms. The average molecular weight is 416 g/mol. The number of hydrogen-bond acceptors (Lipinski definition) is 3. The first-order chi connectivity index (χ1) is 13.0. The molecule has 1 aromatic carbocycles. The maximum absolute atomic E-state index is 12.8. The molecule has 0 aliphatic rings. The lowest BCUT2D eigenvalue weighted by molar-refractivity contribution is -0.138. The molecule has 0 radical (unpaired) electrons. The van der Waals surface area contributed by atoms with E-state index in [0.717, 1.165) is 11.1 Å². The van der Waals surface area contributed by atoms with Gasteiger partial charge in [-0.25, -0.2) is 0 Å². The van der Waals surface area contributed by atoms with Crippen LogP contribution in [0.25, 0.3) is 0 Å². The molecule has 1 aromatic heterocycles. The number of nitrogens with zero attached hydrogens (tertiary/aromatic N) is 1. The molecule has 0 unspecified atom stereocenters. The van der Waals surface area contributed by atoms with E-state index in [1.807, 2.05) is 32.0 Å². The quantitative estimate of drug-likeness (QED) is 0.788. The monoisotopic (exact) mass is 415 g/mol. The van der Waals surface area contributed by atoms with Crippen LogP contribution in [0.4, 0.5) is 18.9 Å². The number of carbonyl (C=O) groups is 2. The first-order valence-corrected chi connectivity index (χ1v) is 8.47. The number of pyridine rings is 1. The van der Waals surface area contributed by atoms with Gasteiger partial charge in [0.05, 0.1) is 12.1 Å². The highest BCUT2D eigenvalue weighted by Gasteiger charge is 2.32. The van der Waals surface area contributed by atoms with E-state index < -0.39 is 47.2 Å². The van der Waals surface area contributed by atoms with Crippen LogP contribution in [0, 0.1) is 13.8 Å². The zero-order chi connectivity index (χ0) is 21.1. The number of aromatic nitrogens is 1. The van der Waals surface area contributed by atoms with E-state index in [-0.39, 0.29) is 0 Å². The first-order valence-electron chi connectivity index (χ1n) is 8.09. The van der Waals surface area contributed by atoms with Crippen molar-refractivity contribution in [2.45, 2.75) is 26.6 Å². The van der Waals surface area contributed by atoms with Gasteiger partial charge in [0.25, 0.3) is 5.56 Å². The van der Waals surface area contributed by atoms with Crippen molar-refractivity contribution in [3.8, 4) is 0 Å². The van der Waals surface area contributed by atoms with E-state index in [4.69, 9.17) is 11.6 Å². The number of amides is 2. The second kappa shape index (κ2) is 8.47. The second-order valence-corrected chi connectivity index (χ2v) is 6.51. The van der Waals surface area contributed by atoms with Crippen LogP contribution in [-0.4, -0.2) is 22.9 Å². The molecule has 0 bridgehead atoms. The minimum Gasteiger partial charge on any atom is -0.345 e. The number of rotatable bonds is 5. The van der Waals surface area contributed by atoms with E-state index in [1.165, 1.54) is 0 Å². The van der Waals surface area contributed by atoms with Gasteiger partial charge in [0, 0.05) is 11.9 Å². The van der Waals surface area contributed by atoms with Gasteiger partial charge in [0.2, 0.25) is 11.8 Å². The standard InChI is InChI=1S/C18H17ClF3N3O3/c1-10-4-3-5-11(2)16(10)24-14(26)7-23-15(27)9-25-8-12(18(20,21)22)6-13(19)17(25)28/h3-6,8H,7,9H2,1-2H3,(H,23,27)(H,24,26). The van der Waals surface area contributed by atoms with Crippen molar-refractivity contribution >= 4 is 29.1 Å². The second-order valence-electron chi connectivity index (χ2n) is 6.10. The highest BCUT2D eigenvalue weighted by Crippen LogP contribution is 2.29. The molecule has 10 heteroatoms. The molecule has 6 nitrogen and oxygen atoms in total. The molecule has 0 aliphatic carbocycles. The Morgan fingerprint density at radius 1 is 1.14 bits per heavy atom. The Labute approximate surface area is 163 Å². The summed E-state index contributed by atoms with van der Waals surface area (Å²) < 4.78 is 39.0. The zero-order valence-corrected chi connectivity index (χ0v) is 15.7. The Morgan fingerprint density at radius 3 is 2.32 bits per heavy atom. The van der Waals surface area contributed by atoms with Crippen LogP contribution in [0.1, 0.15) is 16.7 Å². The van der Waals surface area contributed by atoms with Crippen molar-refractivity contribution in [3.63, 3.8) is 0 Å². The van der Waals surface area contributed by atoms with Crippen LogP contribution in [0.3, 0.4) is 0 Å². The topological polar surface area (TPSA) is 80.2 Å². The molecule has 2 aromatic rings. The Bertz CT molecular complexity index is 951. The normalized spacial score (nSPS) is 11.2. The molecule has 1 heterocycles. The van der Waals surface area contributed by atoms with Gasteiger partial charge in [0.15, 0.2) is 0 Å². The summed E-state index contributed by atoms with van der Waals surface area (Å²) in [6.07, 6.45) is -4.22. The molecule has 2 amide bonds. The Kier molecular flexibility index (Phi) is 6.50. The van der Waals surface area contributed by atoms with E-state index in [0.29, 0.717) is 22.5 Å². The predicted octanol–water partition coefficient (Wildman–Crippen LogP) is 2.89. The summed E-state index contributed by atoms with van der Waals surface area (Å²) in [5.41, 5.74) is 0.194. The number of anilines is 1. The largest absolute Gasteiger partial charge is 0.417 e. The van der Waals surface area contributed by atoms with Crippen LogP contribution >= 0.6 is 11.6 Å². The number of benzene rings is 1. The summed E-state index contributed by atoms with van der Waals surface area (Å²) in [7, 11) is 0. The van der Waals surface area contributed by atoms with Gasteiger partial charge >= 0.3 is 6.18 Å². The Morgan fingerprint density at radius 2 is 1.75 bits per heavy atom. The third-order valence-corrected chi connectivity index (χ3v) is 4.15. The van der Waals surface area contributed by atoms with Gasteiger partial charge in [-0.05, 0) is 31.0 Å². The van der Waals surface area contributed by atoms with Gasteiger partial charge in [0.1, 0.15) is 11.6 Å². The van der Waals surface area contributed by atoms with Gasteiger partial charge in [-0.15, -0.1) is 0 Å². The smallest absolute Gasteiger partial charge is 0.345 e. The first kappa shape index (κ1) is 21.5. The zero-order valence-electron chi connectivity index (χ0n) is 15.0. The van der Waals surface area contributed by atoms with E-state index in [9.17, 15) is 27.6 Å². The maximum Gasteiger partial charge on any atom is 0.417 e. The minimum atomic E-state index is -4.72. The summed E-state index contributed by atoms with van der Waals surface area (Å²) in [6, 6.07) is 5.95. The Hall–Kier alpha value is -2.81. The third kappa shape index (κ3) is 5.35. The number of nitrogens with one attached hydrogen (secondary N) is 2. The average Bonchev–Trinajstić information content (AvgIpc) is 2.59. The number of para-hydroxylation sites is 1. The van der Waals surface area contributed by atoms with Crippen molar-refractivity contribution < 1.29 is 22.8 Å². The highest BCUT2D eigenvalue weighted by molar-refractivity contribution is 6.30. The molecule has 0 saturated carbocycles. The SMILES string of the molecule is Cc1cccc(C)c1NC(=O)CNC(=O)Cn1cc(C(F)(F)F)cc(Cl)c1=O. The van der Waals surface area contributed by atoms with Gasteiger partial charge < -0.3 is 15.2 Å². The van der Waals surface area contributed by atoms with Crippen molar-refractivity contribution in [3.05, 3.63) is 62.5 Å². The van der Waals surface area contributed by atoms with Crippen molar-refractivity contribution in [2.75, 3.05) is 11.9 Å². The fraction of sp³-hybridized carbons (Fsp3) is 0.278. The highest BCUT2D eigenvalue weighted by atomic mass is 35.5. The minimum absolute atomic E-state index is 0.409. The summed E-state index contributed by atoms with van der Waals surface area (Å²) in [4.78, 5) is 35.8. The number of alkyl halides is 3. The fourth-order valence-corrected chi connectivity index (χ4v) is 2.68. The molecule has 0 atom stereocenters. The number of carbonyl (C=O) groups excluding carboxylic acids is 2. The van der Waals surface area contributed by atoms with Crippen molar-refractivity contribution in [1.82, 2.24) is 9.88 Å². The third-order valence-electron chi connectivity index (χ3n) is 3.88. The Balaban J connectivity index is 2.02. The van der Waals surface area contributed by atoms with Crippen LogP contribution in [0.15, 0.2) is 35.3 Å². The fourth-order valence-electron chi connectivity index (χ4n) is 2.46. The van der Waals surface area contributed by atoms with Crippen molar-refractivity contribution in [1.29, 1.82) is 0 Å². The maximum atomic E-state index is 12.8. The van der Waals surface area contributed by atoms with E-state index in [2.05, 4.69) is 10.6 Å². The molecule has 0 fully saturated rings. The van der Waals surface area contributed by atoms with Crippen LogP contribution in [0.2, 0.25) is 5.02 Å². The number of aryl methyl sites for hydroxylation is 2. The summed E-state index contributed by atoms with van der Waals surface area (Å²) >= 11 is 5.53. The lowest BCUT2D eigenvalue weighted by Crippen LogP contribution is -2.37. The van der Waals surface area contributed by atoms with Gasteiger partial charge in [-0.1, -0.05) is 29.8 Å². The molecule has 0 aliphatic heterocycles. The number of hydrogen-bond donors (Lipinski definition) is 2. The molecular formula is C18H17ClF3N3O3. The lowest BCUT2D eigenvalue weighted by atomic mass is 10.1. The molecule has 2 N–H and O–H groups in total. The molecule has 150 valence electrons. The van der Waals surface area contributed by atoms with Crippen molar-refractivity contribution in [2.24, 2.45) is 0 Å².